The first-order chi connectivity index (χ1) is 18.9. The lowest BCUT2D eigenvalue weighted by atomic mass is 9.92. The quantitative estimate of drug-likeness (QED) is 0.216. The molecule has 2 aromatic carbocycles. The Morgan fingerprint density at radius 2 is 1.82 bits per heavy atom. The molecule has 0 unspecified atom stereocenters. The third-order valence-corrected chi connectivity index (χ3v) is 7.21. The van der Waals surface area contributed by atoms with Gasteiger partial charge in [0.2, 0.25) is 5.69 Å². The smallest absolute Gasteiger partial charge is 0.406 e. The number of rotatable bonds is 6. The Kier molecular flexibility index (Phi) is 6.54. The van der Waals surface area contributed by atoms with E-state index >= 15 is 0 Å². The number of nitrogens with zero attached hydrogens (tertiary/aromatic N) is 2. The van der Waals surface area contributed by atoms with Gasteiger partial charge in [-0.05, 0) is 48.4 Å². The van der Waals surface area contributed by atoms with Crippen LogP contribution in [0.2, 0.25) is 0 Å². The number of Topliss-reactive ketones (excluding diaryl/α,β-unsaturated/α-hetero) is 1. The van der Waals surface area contributed by atoms with Gasteiger partial charge in [-0.15, -0.1) is 24.5 Å². The van der Waals surface area contributed by atoms with Crippen LogP contribution < -0.4 is 20.8 Å². The molecule has 3 N–H and O–H groups in total. The van der Waals surface area contributed by atoms with Gasteiger partial charge in [0.1, 0.15) is 15.5 Å². The molecule has 0 aliphatic rings. The Bertz CT molecular complexity index is 1870. The number of thiophene rings is 1. The number of H-pyrrole nitrogens is 1. The van der Waals surface area contributed by atoms with Crippen LogP contribution >= 0.6 is 11.3 Å². The van der Waals surface area contributed by atoms with Gasteiger partial charge < -0.3 is 10.5 Å². The van der Waals surface area contributed by atoms with Gasteiger partial charge in [-0.3, -0.25) is 14.1 Å². The SMILES string of the molecule is CC(=O)c1c(C)nc2sc(C(=O)c3c(=O)o[nH][n+]3-c3ccc(OC(F)(F)F)cc3)c(N)c2c1-c1cccc(C)c1. The summed E-state index contributed by atoms with van der Waals surface area (Å²) in [5.74, 6) is -1.52. The lowest BCUT2D eigenvalue weighted by Gasteiger charge is -2.13. The highest BCUT2D eigenvalue weighted by atomic mass is 32.1. The third kappa shape index (κ3) is 4.75. The lowest BCUT2D eigenvalue weighted by molar-refractivity contribution is -0.672. The molecule has 0 saturated heterocycles. The number of ether oxygens (including phenoxy) is 1. The van der Waals surface area contributed by atoms with Crippen LogP contribution in [0.15, 0.2) is 57.8 Å². The molecule has 0 bridgehead atoms. The Balaban J connectivity index is 1.67. The molecule has 0 fully saturated rings. The molecule has 0 radical (unpaired) electrons. The van der Waals surface area contributed by atoms with Crippen molar-refractivity contribution < 1.29 is 36.7 Å². The molecule has 9 nitrogen and oxygen atoms in total. The molecule has 0 spiro atoms. The number of halogens is 3. The van der Waals surface area contributed by atoms with E-state index in [0.717, 1.165) is 33.7 Å². The van der Waals surface area contributed by atoms with Crippen LogP contribution in [0.25, 0.3) is 27.0 Å². The predicted molar refractivity (Wildman–Crippen MR) is 140 cm³/mol. The fourth-order valence-corrected chi connectivity index (χ4v) is 5.60. The number of fused-ring (bicyclic) bond motifs is 1. The van der Waals surface area contributed by atoms with E-state index in [4.69, 9.17) is 10.3 Å². The Labute approximate surface area is 227 Å². The summed E-state index contributed by atoms with van der Waals surface area (Å²) in [6.07, 6.45) is -4.88. The Morgan fingerprint density at radius 3 is 2.45 bits per heavy atom. The minimum absolute atomic E-state index is 0.0193. The summed E-state index contributed by atoms with van der Waals surface area (Å²) in [6.45, 7) is 5.01. The summed E-state index contributed by atoms with van der Waals surface area (Å²) in [4.78, 5) is 44.0. The van der Waals surface area contributed by atoms with E-state index in [1.165, 1.54) is 19.1 Å². The van der Waals surface area contributed by atoms with Gasteiger partial charge in [0.25, 0.3) is 5.78 Å². The fraction of sp³-hybridized carbons (Fsp3) is 0.148. The molecule has 0 aliphatic carbocycles. The average Bonchev–Trinajstić information content (AvgIpc) is 3.41. The molecule has 0 saturated carbocycles. The number of nitrogens with one attached hydrogen (secondary N) is 1. The number of nitrogens with two attached hydrogens (primary N) is 1. The number of benzene rings is 2. The third-order valence-electron chi connectivity index (χ3n) is 6.11. The molecular weight excluding hydrogens is 549 g/mol. The number of carbonyl (C=O) groups is 2. The highest BCUT2D eigenvalue weighted by Crippen LogP contribution is 2.42. The van der Waals surface area contributed by atoms with E-state index in [-0.39, 0.29) is 22.0 Å². The first-order valence-corrected chi connectivity index (χ1v) is 12.5. The van der Waals surface area contributed by atoms with Crippen LogP contribution in [0, 0.1) is 13.8 Å². The minimum atomic E-state index is -4.88. The summed E-state index contributed by atoms with van der Waals surface area (Å²) in [6, 6.07) is 11.9. The van der Waals surface area contributed by atoms with Crippen molar-refractivity contribution >= 4 is 38.8 Å². The van der Waals surface area contributed by atoms with Crippen molar-refractivity contribution in [3.63, 3.8) is 0 Å². The number of hydrogen-bond acceptors (Lipinski definition) is 8. The molecule has 0 aliphatic heterocycles. The Hall–Kier alpha value is -4.78. The number of alkyl halides is 3. The fourth-order valence-electron chi connectivity index (χ4n) is 4.51. The van der Waals surface area contributed by atoms with Gasteiger partial charge in [-0.2, -0.15) is 0 Å². The van der Waals surface area contributed by atoms with E-state index in [1.54, 1.807) is 6.92 Å². The van der Waals surface area contributed by atoms with Gasteiger partial charge in [0.05, 0.1) is 11.4 Å². The van der Waals surface area contributed by atoms with Crippen molar-refractivity contribution in [2.45, 2.75) is 27.1 Å². The predicted octanol–water partition coefficient (Wildman–Crippen LogP) is 5.05. The van der Waals surface area contributed by atoms with E-state index < -0.39 is 29.2 Å². The van der Waals surface area contributed by atoms with Crippen molar-refractivity contribution in [2.75, 3.05) is 5.73 Å². The number of ketones is 2. The maximum absolute atomic E-state index is 13.7. The van der Waals surface area contributed by atoms with Gasteiger partial charge >= 0.3 is 17.7 Å². The topological polar surface area (TPSA) is 132 Å². The number of aryl methyl sites for hydroxylation is 2. The van der Waals surface area contributed by atoms with Gasteiger partial charge in [0.15, 0.2) is 5.78 Å². The largest absolute Gasteiger partial charge is 0.573 e. The number of carbonyl (C=O) groups excluding carboxylic acids is 2. The second-order valence-corrected chi connectivity index (χ2v) is 9.93. The van der Waals surface area contributed by atoms with Gasteiger partial charge in [0, 0.05) is 28.6 Å². The molecule has 5 rings (SSSR count). The summed E-state index contributed by atoms with van der Waals surface area (Å²) in [5.41, 5.74) is 8.17. The zero-order valence-corrected chi connectivity index (χ0v) is 22.0. The molecule has 204 valence electrons. The number of aromatic nitrogens is 3. The maximum Gasteiger partial charge on any atom is 0.573 e. The van der Waals surface area contributed by atoms with Crippen LogP contribution in [0.1, 0.15) is 43.9 Å². The second kappa shape index (κ2) is 9.75. The molecule has 5 aromatic rings. The molecule has 40 heavy (non-hydrogen) atoms. The highest BCUT2D eigenvalue weighted by Gasteiger charge is 2.36. The van der Waals surface area contributed by atoms with Crippen LogP contribution in [0.4, 0.5) is 18.9 Å². The highest BCUT2D eigenvalue weighted by molar-refractivity contribution is 7.21. The zero-order chi connectivity index (χ0) is 28.9. The van der Waals surface area contributed by atoms with Crippen molar-refractivity contribution in [1.29, 1.82) is 0 Å². The molecule has 3 heterocycles. The van der Waals surface area contributed by atoms with E-state index in [9.17, 15) is 27.6 Å². The maximum atomic E-state index is 13.7. The zero-order valence-electron chi connectivity index (χ0n) is 21.2. The molecular formula is C27H20F3N4O5S+. The minimum Gasteiger partial charge on any atom is -0.406 e. The number of hydrogen-bond donors (Lipinski definition) is 2. The Morgan fingerprint density at radius 1 is 1.12 bits per heavy atom. The first-order valence-electron chi connectivity index (χ1n) is 11.7. The average molecular weight is 570 g/mol. The molecule has 0 amide bonds. The van der Waals surface area contributed by atoms with E-state index in [0.29, 0.717) is 32.6 Å². The van der Waals surface area contributed by atoms with Crippen LogP contribution in [0.3, 0.4) is 0 Å². The second-order valence-electron chi connectivity index (χ2n) is 8.93. The van der Waals surface area contributed by atoms with Crippen molar-refractivity contribution in [3.05, 3.63) is 86.3 Å². The van der Waals surface area contributed by atoms with Gasteiger partial charge in [-0.1, -0.05) is 29.8 Å². The van der Waals surface area contributed by atoms with Crippen molar-refractivity contribution in [1.82, 2.24) is 10.3 Å². The van der Waals surface area contributed by atoms with Crippen LogP contribution in [-0.4, -0.2) is 28.2 Å². The van der Waals surface area contributed by atoms with Crippen LogP contribution in [-0.2, 0) is 0 Å². The summed E-state index contributed by atoms with van der Waals surface area (Å²) in [7, 11) is 0. The van der Waals surface area contributed by atoms with E-state index in [1.807, 2.05) is 31.2 Å². The van der Waals surface area contributed by atoms with E-state index in [2.05, 4.69) is 15.0 Å². The normalized spacial score (nSPS) is 11.7. The lowest BCUT2D eigenvalue weighted by Crippen LogP contribution is -2.41. The monoisotopic (exact) mass is 569 g/mol. The number of aromatic amines is 1. The number of nitrogen functional groups attached to an aromatic ring is 1. The van der Waals surface area contributed by atoms with Crippen molar-refractivity contribution in [2.24, 2.45) is 0 Å². The van der Waals surface area contributed by atoms with Crippen LogP contribution in [0.5, 0.6) is 5.75 Å². The molecule has 0 atom stereocenters. The van der Waals surface area contributed by atoms with Crippen molar-refractivity contribution in [3.8, 4) is 22.6 Å². The molecule has 3 aromatic heterocycles. The first kappa shape index (κ1) is 26.8. The van der Waals surface area contributed by atoms with Gasteiger partial charge in [-0.25, -0.2) is 9.78 Å². The summed E-state index contributed by atoms with van der Waals surface area (Å²) >= 11 is 0.950. The number of anilines is 1. The molecule has 13 heteroatoms. The number of pyridine rings is 1. The standard InChI is InChI=1S/C27H19F3N4O5S/c1-12-5-4-6-15(11-12)19-18(14(3)35)13(2)32-25-20(19)21(31)24(40-25)23(36)22-26(37)39-33-34(22)16-7-9-17(10-8-16)38-27(28,29)30/h4-11H,1-3H3,(H2-,31,33,36,37)/p+1. The summed E-state index contributed by atoms with van der Waals surface area (Å²) < 4.78 is 47.3. The summed E-state index contributed by atoms with van der Waals surface area (Å²) in [5, 5.41) is 2.69.